The Kier molecular flexibility index (Phi) is 7.66. The second-order valence-electron chi connectivity index (χ2n) is 8.19. The van der Waals surface area contributed by atoms with Gasteiger partial charge in [0.25, 0.3) is 0 Å². The third kappa shape index (κ3) is 5.84. The van der Waals surface area contributed by atoms with Gasteiger partial charge in [-0.2, -0.15) is 0 Å². The van der Waals surface area contributed by atoms with Crippen LogP contribution in [0.15, 0.2) is 24.3 Å². The van der Waals surface area contributed by atoms with E-state index < -0.39 is 17.9 Å². The van der Waals surface area contributed by atoms with Gasteiger partial charge < -0.3 is 14.2 Å². The highest BCUT2D eigenvalue weighted by Gasteiger charge is 2.26. The summed E-state index contributed by atoms with van der Waals surface area (Å²) in [6, 6.07) is 7.17. The van der Waals surface area contributed by atoms with Crippen LogP contribution < -0.4 is 14.2 Å². The summed E-state index contributed by atoms with van der Waals surface area (Å²) in [6.07, 6.45) is 8.78. The molecule has 0 radical (unpaired) electrons. The largest absolute Gasteiger partial charge is 0.426 e. The van der Waals surface area contributed by atoms with E-state index in [1.54, 1.807) is 12.1 Å². The molecule has 0 amide bonds. The van der Waals surface area contributed by atoms with Crippen LogP contribution >= 0.6 is 0 Å². The maximum absolute atomic E-state index is 11.9. The van der Waals surface area contributed by atoms with Crippen LogP contribution in [0.25, 0.3) is 10.8 Å². The van der Waals surface area contributed by atoms with Gasteiger partial charge >= 0.3 is 17.9 Å². The molecule has 1 aliphatic carbocycles. The molecule has 166 valence electrons. The summed E-state index contributed by atoms with van der Waals surface area (Å²) in [7, 11) is 0. The number of carbonyl (C=O) groups is 3. The summed E-state index contributed by atoms with van der Waals surface area (Å²) in [4.78, 5) is 35.7. The lowest BCUT2D eigenvalue weighted by Gasteiger charge is -2.23. The molecular weight excluding hydrogens is 396 g/mol. The van der Waals surface area contributed by atoms with Crippen molar-refractivity contribution in [2.45, 2.75) is 72.1 Å². The van der Waals surface area contributed by atoms with Gasteiger partial charge in [0.15, 0.2) is 11.5 Å². The zero-order chi connectivity index (χ0) is 22.4. The number of ether oxygens (including phenoxy) is 3. The summed E-state index contributed by atoms with van der Waals surface area (Å²) in [6.45, 7) is 3.94. The molecule has 1 aliphatic rings. The Morgan fingerprint density at radius 3 is 1.87 bits per heavy atom. The predicted octanol–water partition coefficient (Wildman–Crippen LogP) is 5.52. The van der Waals surface area contributed by atoms with E-state index in [2.05, 4.69) is 0 Å². The van der Waals surface area contributed by atoms with Crippen molar-refractivity contribution in [2.75, 3.05) is 0 Å². The lowest BCUT2D eigenvalue weighted by atomic mass is 9.85. The second kappa shape index (κ2) is 10.4. The lowest BCUT2D eigenvalue weighted by Crippen LogP contribution is -2.13. The van der Waals surface area contributed by atoms with Crippen LogP contribution in [-0.2, 0) is 20.8 Å². The molecule has 1 saturated carbocycles. The van der Waals surface area contributed by atoms with Crippen molar-refractivity contribution in [3.63, 3.8) is 0 Å². The first kappa shape index (κ1) is 22.8. The van der Waals surface area contributed by atoms with Crippen LogP contribution in [-0.4, -0.2) is 17.9 Å². The third-order valence-electron chi connectivity index (χ3n) is 5.67. The summed E-state index contributed by atoms with van der Waals surface area (Å²) < 4.78 is 16.7. The highest BCUT2D eigenvalue weighted by molar-refractivity contribution is 6.00. The van der Waals surface area contributed by atoms with E-state index in [4.69, 9.17) is 14.2 Å². The standard InChI is InChI=1S/C25H30O6/c1-16(26)29-23-20-13-7-8-14-21(20)24(30-17(2)27)25(31-18(3)28)22(23)15-9-12-19-10-5-4-6-11-19/h7-8,13-14,19H,4-6,9-12,15H2,1-3H3. The predicted molar refractivity (Wildman–Crippen MR) is 117 cm³/mol. The minimum absolute atomic E-state index is 0.154. The van der Waals surface area contributed by atoms with Gasteiger partial charge in [-0.05, 0) is 18.8 Å². The molecule has 0 spiro atoms. The van der Waals surface area contributed by atoms with Gasteiger partial charge in [0.2, 0.25) is 0 Å². The zero-order valence-electron chi connectivity index (χ0n) is 18.5. The summed E-state index contributed by atoms with van der Waals surface area (Å²) in [5.74, 6) is -0.135. The molecule has 0 aliphatic heterocycles. The van der Waals surface area contributed by atoms with Crippen molar-refractivity contribution >= 4 is 28.7 Å². The fourth-order valence-corrected chi connectivity index (χ4v) is 4.43. The average molecular weight is 427 g/mol. The maximum atomic E-state index is 11.9. The molecule has 2 aromatic rings. The molecule has 0 aromatic heterocycles. The number of fused-ring (bicyclic) bond motifs is 1. The Labute approximate surface area is 182 Å². The number of benzene rings is 2. The molecule has 3 rings (SSSR count). The zero-order valence-corrected chi connectivity index (χ0v) is 18.5. The molecule has 0 saturated heterocycles. The smallest absolute Gasteiger partial charge is 0.308 e. The summed E-state index contributed by atoms with van der Waals surface area (Å²) in [5, 5.41) is 1.18. The van der Waals surface area contributed by atoms with Crippen LogP contribution in [0.4, 0.5) is 0 Å². The Bertz CT molecular complexity index is 972. The van der Waals surface area contributed by atoms with Gasteiger partial charge in [-0.15, -0.1) is 0 Å². The topological polar surface area (TPSA) is 78.9 Å². The Morgan fingerprint density at radius 1 is 0.774 bits per heavy atom. The lowest BCUT2D eigenvalue weighted by molar-refractivity contribution is -0.134. The van der Waals surface area contributed by atoms with Gasteiger partial charge in [-0.25, -0.2) is 0 Å². The van der Waals surface area contributed by atoms with E-state index in [1.165, 1.54) is 52.9 Å². The van der Waals surface area contributed by atoms with E-state index in [0.29, 0.717) is 34.4 Å². The molecule has 0 unspecified atom stereocenters. The van der Waals surface area contributed by atoms with Gasteiger partial charge in [0.1, 0.15) is 5.75 Å². The first-order chi connectivity index (χ1) is 14.9. The Balaban J connectivity index is 2.10. The monoisotopic (exact) mass is 426 g/mol. The van der Waals surface area contributed by atoms with Crippen LogP contribution in [0.5, 0.6) is 17.2 Å². The minimum Gasteiger partial charge on any atom is -0.426 e. The van der Waals surface area contributed by atoms with Crippen LogP contribution in [0.2, 0.25) is 0 Å². The average Bonchev–Trinajstić information content (AvgIpc) is 2.72. The highest BCUT2D eigenvalue weighted by atomic mass is 16.6. The first-order valence-electron chi connectivity index (χ1n) is 11.0. The van der Waals surface area contributed by atoms with Crippen molar-refractivity contribution in [2.24, 2.45) is 5.92 Å². The van der Waals surface area contributed by atoms with Crippen molar-refractivity contribution in [3.05, 3.63) is 29.8 Å². The molecule has 0 bridgehead atoms. The summed E-state index contributed by atoms with van der Waals surface area (Å²) in [5.41, 5.74) is 0.580. The van der Waals surface area contributed by atoms with E-state index in [0.717, 1.165) is 12.8 Å². The molecule has 0 N–H and O–H groups in total. The SMILES string of the molecule is CC(=O)Oc1c(CCCC2CCCCC2)c(OC(C)=O)c2ccccc2c1OC(C)=O. The van der Waals surface area contributed by atoms with Crippen molar-refractivity contribution in [1.82, 2.24) is 0 Å². The normalized spacial score (nSPS) is 14.3. The molecule has 1 fully saturated rings. The van der Waals surface area contributed by atoms with Crippen LogP contribution in [0, 0.1) is 5.92 Å². The van der Waals surface area contributed by atoms with E-state index in [9.17, 15) is 14.4 Å². The number of hydrogen-bond acceptors (Lipinski definition) is 6. The first-order valence-corrected chi connectivity index (χ1v) is 11.0. The maximum Gasteiger partial charge on any atom is 0.308 e. The van der Waals surface area contributed by atoms with Gasteiger partial charge in [0.05, 0.1) is 0 Å². The Hall–Kier alpha value is -2.89. The molecule has 31 heavy (non-hydrogen) atoms. The minimum atomic E-state index is -0.536. The number of esters is 3. The fraction of sp³-hybridized carbons (Fsp3) is 0.480. The van der Waals surface area contributed by atoms with Crippen molar-refractivity contribution in [1.29, 1.82) is 0 Å². The van der Waals surface area contributed by atoms with Crippen LogP contribution in [0.3, 0.4) is 0 Å². The molecule has 0 atom stereocenters. The number of carbonyl (C=O) groups excluding carboxylic acids is 3. The van der Waals surface area contributed by atoms with Gasteiger partial charge in [-0.3, -0.25) is 14.4 Å². The Morgan fingerprint density at radius 2 is 1.29 bits per heavy atom. The van der Waals surface area contributed by atoms with E-state index in [1.807, 2.05) is 12.1 Å². The van der Waals surface area contributed by atoms with Crippen molar-refractivity contribution < 1.29 is 28.6 Å². The van der Waals surface area contributed by atoms with Gasteiger partial charge in [0, 0.05) is 37.1 Å². The molecular formula is C25H30O6. The van der Waals surface area contributed by atoms with Gasteiger partial charge in [-0.1, -0.05) is 62.8 Å². The van der Waals surface area contributed by atoms with Crippen LogP contribution in [0.1, 0.15) is 71.3 Å². The molecule has 0 heterocycles. The highest BCUT2D eigenvalue weighted by Crippen LogP contribution is 2.47. The number of rotatable bonds is 7. The van der Waals surface area contributed by atoms with Crippen molar-refractivity contribution in [3.8, 4) is 17.2 Å². The summed E-state index contributed by atoms with van der Waals surface area (Å²) >= 11 is 0. The van der Waals surface area contributed by atoms with E-state index >= 15 is 0 Å². The van der Waals surface area contributed by atoms with E-state index in [-0.39, 0.29) is 11.5 Å². The molecule has 6 nitrogen and oxygen atoms in total. The molecule has 2 aromatic carbocycles. The quantitative estimate of drug-likeness (QED) is 0.428. The number of hydrogen-bond donors (Lipinski definition) is 0. The third-order valence-corrected chi connectivity index (χ3v) is 5.67. The fourth-order valence-electron chi connectivity index (χ4n) is 4.43. The second-order valence-corrected chi connectivity index (χ2v) is 8.19. The molecule has 6 heteroatoms.